The molecule has 0 saturated carbocycles. The van der Waals surface area contributed by atoms with Gasteiger partial charge in [-0.3, -0.25) is 9.89 Å². The van der Waals surface area contributed by atoms with Crippen LogP contribution in [0.15, 0.2) is 54.6 Å². The Balaban J connectivity index is 1.96. The van der Waals surface area contributed by atoms with Gasteiger partial charge in [-0.25, -0.2) is 4.39 Å². The molecule has 0 aliphatic carbocycles. The minimum Gasteiger partial charge on any atom is -0.454 e. The number of aromatic nitrogens is 2. The second-order valence-corrected chi connectivity index (χ2v) is 8.34. The van der Waals surface area contributed by atoms with E-state index < -0.39 is 18.2 Å². The van der Waals surface area contributed by atoms with Gasteiger partial charge in [0.2, 0.25) is 0 Å². The summed E-state index contributed by atoms with van der Waals surface area (Å²) in [6.45, 7) is 7.64. The second-order valence-electron chi connectivity index (χ2n) is 7.93. The molecule has 0 bridgehead atoms. The van der Waals surface area contributed by atoms with Crippen molar-refractivity contribution in [2.45, 2.75) is 72.1 Å². The van der Waals surface area contributed by atoms with Gasteiger partial charge in [0.15, 0.2) is 6.10 Å². The number of allylic oxidation sites excluding steroid dienone is 6. The van der Waals surface area contributed by atoms with E-state index >= 15 is 0 Å². The fourth-order valence-corrected chi connectivity index (χ4v) is 3.50. The number of hydrogen-bond acceptors (Lipinski definition) is 3. The topological polar surface area (TPSA) is 55.0 Å². The maximum Gasteiger partial charge on any atom is 0.306 e. The summed E-state index contributed by atoms with van der Waals surface area (Å²) in [6, 6.07) is 7.19. The van der Waals surface area contributed by atoms with Crippen LogP contribution < -0.4 is 0 Å². The smallest absolute Gasteiger partial charge is 0.306 e. The van der Waals surface area contributed by atoms with Crippen molar-refractivity contribution >= 4 is 23.1 Å². The molecule has 0 fully saturated rings. The first kappa shape index (κ1) is 26.6. The number of H-pyrrole nitrogens is 1. The molecule has 0 amide bonds. The van der Waals surface area contributed by atoms with E-state index in [0.29, 0.717) is 23.4 Å². The molecule has 4 nitrogen and oxygen atoms in total. The molecule has 1 N–H and O–H groups in total. The highest BCUT2D eigenvalue weighted by molar-refractivity contribution is 6.31. The maximum atomic E-state index is 14.6. The maximum absolute atomic E-state index is 14.6. The van der Waals surface area contributed by atoms with E-state index in [0.717, 1.165) is 28.9 Å². The fraction of sp³-hybridized carbons (Fsp3) is 0.407. The van der Waals surface area contributed by atoms with Gasteiger partial charge in [-0.2, -0.15) is 5.10 Å². The zero-order valence-corrected chi connectivity index (χ0v) is 20.7. The molecule has 1 aromatic heterocycles. The fourth-order valence-electron chi connectivity index (χ4n) is 3.38. The molecule has 0 saturated heterocycles. The van der Waals surface area contributed by atoms with Gasteiger partial charge >= 0.3 is 5.97 Å². The van der Waals surface area contributed by atoms with E-state index in [-0.39, 0.29) is 12.8 Å². The van der Waals surface area contributed by atoms with Crippen LogP contribution in [0.5, 0.6) is 0 Å². The lowest BCUT2D eigenvalue weighted by Crippen LogP contribution is -2.20. The lowest BCUT2D eigenvalue weighted by molar-refractivity contribution is -0.153. The van der Waals surface area contributed by atoms with Crippen LogP contribution in [0, 0.1) is 6.92 Å². The Kier molecular flexibility index (Phi) is 11.1. The lowest BCUT2D eigenvalue weighted by Gasteiger charge is -2.22. The Morgan fingerprint density at radius 3 is 2.76 bits per heavy atom. The van der Waals surface area contributed by atoms with Gasteiger partial charge in [0.1, 0.15) is 6.17 Å². The minimum absolute atomic E-state index is 0.199. The molecular formula is C27H34ClFN2O2. The van der Waals surface area contributed by atoms with Gasteiger partial charge in [-0.15, -0.1) is 0 Å². The number of nitrogens with one attached hydrogen (secondary N) is 1. The number of carbonyl (C=O) groups is 1. The summed E-state index contributed by atoms with van der Waals surface area (Å²) in [4.78, 5) is 12.5. The third-order valence-electron chi connectivity index (χ3n) is 5.23. The largest absolute Gasteiger partial charge is 0.454 e. The second kappa shape index (κ2) is 13.8. The van der Waals surface area contributed by atoms with E-state index in [1.54, 1.807) is 25.1 Å². The number of aromatic amines is 1. The van der Waals surface area contributed by atoms with E-state index in [9.17, 15) is 9.18 Å². The number of halogens is 2. The molecule has 2 unspecified atom stereocenters. The number of benzene rings is 1. The molecule has 1 aromatic carbocycles. The van der Waals surface area contributed by atoms with Crippen LogP contribution in [-0.2, 0) is 16.0 Å². The van der Waals surface area contributed by atoms with Crippen LogP contribution in [0.4, 0.5) is 4.39 Å². The minimum atomic E-state index is -1.27. The zero-order chi connectivity index (χ0) is 24.2. The van der Waals surface area contributed by atoms with Crippen LogP contribution in [0.2, 0.25) is 5.02 Å². The average molecular weight is 473 g/mol. The number of ether oxygens (including phenoxy) is 1. The van der Waals surface area contributed by atoms with Crippen LogP contribution in [-0.4, -0.2) is 22.3 Å². The predicted octanol–water partition coefficient (Wildman–Crippen LogP) is 7.65. The van der Waals surface area contributed by atoms with Crippen molar-refractivity contribution in [3.05, 3.63) is 82.2 Å². The molecule has 2 aromatic rings. The highest BCUT2D eigenvalue weighted by atomic mass is 35.5. The van der Waals surface area contributed by atoms with E-state index in [2.05, 4.69) is 23.2 Å². The molecular weight excluding hydrogens is 439 g/mol. The first-order chi connectivity index (χ1) is 15.9. The predicted molar refractivity (Wildman–Crippen MR) is 134 cm³/mol. The first-order valence-electron chi connectivity index (χ1n) is 11.5. The van der Waals surface area contributed by atoms with Gasteiger partial charge in [0.25, 0.3) is 0 Å². The normalized spacial score (nSPS) is 14.2. The van der Waals surface area contributed by atoms with E-state index in [1.807, 2.05) is 44.2 Å². The van der Waals surface area contributed by atoms with Crippen molar-refractivity contribution in [3.63, 3.8) is 0 Å². The quantitative estimate of drug-likeness (QED) is 0.255. The highest BCUT2D eigenvalue weighted by Crippen LogP contribution is 2.29. The summed E-state index contributed by atoms with van der Waals surface area (Å²) in [6.07, 6.45) is 10.6. The summed E-state index contributed by atoms with van der Waals surface area (Å²) in [7, 11) is 0. The average Bonchev–Trinajstić information content (AvgIpc) is 3.27. The molecule has 0 aliphatic rings. The number of rotatable bonds is 12. The molecule has 6 heteroatoms. The molecule has 1 heterocycles. The summed E-state index contributed by atoms with van der Waals surface area (Å²) in [5.74, 6) is -0.414. The SMILES string of the molecule is C\C=C/C(=C\C=C\CC)c1cc(CCCC(=O)OC(c2ccc(Cl)c(C)c2)C(F)CC)[nH]n1. The molecule has 0 aliphatic heterocycles. The molecule has 2 atom stereocenters. The first-order valence-corrected chi connectivity index (χ1v) is 11.9. The van der Waals surface area contributed by atoms with Crippen molar-refractivity contribution < 1.29 is 13.9 Å². The van der Waals surface area contributed by atoms with Crippen molar-refractivity contribution in [1.29, 1.82) is 0 Å². The Morgan fingerprint density at radius 2 is 2.09 bits per heavy atom. The highest BCUT2D eigenvalue weighted by Gasteiger charge is 2.26. The van der Waals surface area contributed by atoms with Crippen LogP contribution in [0.3, 0.4) is 0 Å². The monoisotopic (exact) mass is 472 g/mol. The van der Waals surface area contributed by atoms with Crippen molar-refractivity contribution in [2.75, 3.05) is 0 Å². The number of carbonyl (C=O) groups excluding carboxylic acids is 1. The lowest BCUT2D eigenvalue weighted by atomic mass is 10.0. The molecule has 2 rings (SSSR count). The third kappa shape index (κ3) is 8.32. The molecule has 178 valence electrons. The summed E-state index contributed by atoms with van der Waals surface area (Å²) in [5.41, 5.74) is 4.25. The number of nitrogens with zero attached hydrogens (tertiary/aromatic N) is 1. The Hall–Kier alpha value is -2.66. The summed E-state index contributed by atoms with van der Waals surface area (Å²) >= 11 is 6.08. The van der Waals surface area contributed by atoms with Gasteiger partial charge < -0.3 is 4.74 Å². The molecule has 0 spiro atoms. The number of hydrogen-bond donors (Lipinski definition) is 1. The third-order valence-corrected chi connectivity index (χ3v) is 5.66. The van der Waals surface area contributed by atoms with Gasteiger partial charge in [0, 0.05) is 22.7 Å². The Morgan fingerprint density at radius 1 is 1.30 bits per heavy atom. The van der Waals surface area contributed by atoms with Gasteiger partial charge in [-0.1, -0.05) is 68.0 Å². The van der Waals surface area contributed by atoms with Crippen LogP contribution in [0.25, 0.3) is 5.57 Å². The number of aryl methyl sites for hydroxylation is 2. The number of esters is 1. The van der Waals surface area contributed by atoms with Crippen LogP contribution in [0.1, 0.15) is 75.1 Å². The standard InChI is InChI=1S/C27H34ClFN2O2/c1-5-8-9-12-20(11-6-2)25-18-22(30-31-25)13-10-14-26(32)33-27(24(29)7-3)21-15-16-23(28)19(4)17-21/h6,8-9,11-12,15-18,24,27H,5,7,10,13-14H2,1-4H3,(H,30,31)/b9-8+,11-6-,20-12+. The summed E-state index contributed by atoms with van der Waals surface area (Å²) in [5, 5.41) is 8.04. The zero-order valence-electron chi connectivity index (χ0n) is 19.9. The van der Waals surface area contributed by atoms with E-state index in [1.165, 1.54) is 0 Å². The van der Waals surface area contributed by atoms with Gasteiger partial charge in [0.05, 0.1) is 5.69 Å². The Labute approximate surface area is 201 Å². The van der Waals surface area contributed by atoms with Crippen LogP contribution >= 0.6 is 11.6 Å². The van der Waals surface area contributed by atoms with Crippen molar-refractivity contribution in [3.8, 4) is 0 Å². The van der Waals surface area contributed by atoms with Crippen molar-refractivity contribution in [1.82, 2.24) is 10.2 Å². The molecule has 0 radical (unpaired) electrons. The molecule has 33 heavy (non-hydrogen) atoms. The van der Waals surface area contributed by atoms with Crippen molar-refractivity contribution in [2.24, 2.45) is 0 Å². The summed E-state index contributed by atoms with van der Waals surface area (Å²) < 4.78 is 20.1. The number of alkyl halides is 1. The van der Waals surface area contributed by atoms with E-state index in [4.69, 9.17) is 16.3 Å². The van der Waals surface area contributed by atoms with Gasteiger partial charge in [-0.05, 0) is 62.8 Å². The Bertz CT molecular complexity index is 994.